The molecule has 0 bridgehead atoms. The van der Waals surface area contributed by atoms with Crippen molar-refractivity contribution in [3.05, 3.63) is 33.9 Å². The number of hydrogen-bond donors (Lipinski definition) is 0. The highest BCUT2D eigenvalue weighted by molar-refractivity contribution is 5.43. The second kappa shape index (κ2) is 5.44. The Morgan fingerprint density at radius 3 is 2.63 bits per heavy atom. The topological polar surface area (TPSA) is 64.8 Å². The predicted molar refractivity (Wildman–Crippen MR) is 70.6 cm³/mol. The molecule has 2 atom stereocenters. The van der Waals surface area contributed by atoms with Crippen molar-refractivity contribution in [3.63, 3.8) is 0 Å². The molecule has 104 valence electrons. The Kier molecular flexibility index (Phi) is 3.90. The van der Waals surface area contributed by atoms with Crippen LogP contribution in [0.15, 0.2) is 18.2 Å². The predicted octanol–water partition coefficient (Wildman–Crippen LogP) is 1.38. The molecule has 1 heterocycles. The van der Waals surface area contributed by atoms with E-state index in [-0.39, 0.29) is 10.8 Å². The number of methoxy groups -OCH3 is 2. The summed E-state index contributed by atoms with van der Waals surface area (Å²) in [5.41, 5.74) is 0.870. The highest BCUT2D eigenvalue weighted by Crippen LogP contribution is 2.36. The minimum Gasteiger partial charge on any atom is -0.497 e. The van der Waals surface area contributed by atoms with Crippen LogP contribution in [-0.2, 0) is 0 Å². The summed E-state index contributed by atoms with van der Waals surface area (Å²) in [4.78, 5) is 12.9. The quantitative estimate of drug-likeness (QED) is 0.608. The van der Waals surface area contributed by atoms with Gasteiger partial charge in [0.25, 0.3) is 0 Å². The fraction of sp³-hybridized carbons (Fsp3) is 0.538. The van der Waals surface area contributed by atoms with Gasteiger partial charge in [-0.25, -0.2) is 0 Å². The number of nitrogens with zero attached hydrogens (tertiary/aromatic N) is 2. The highest BCUT2D eigenvalue weighted by Gasteiger charge is 2.41. The third-order valence-electron chi connectivity index (χ3n) is 3.58. The van der Waals surface area contributed by atoms with Gasteiger partial charge in [-0.2, -0.15) is 0 Å². The van der Waals surface area contributed by atoms with E-state index in [0.717, 1.165) is 5.56 Å². The number of rotatable bonds is 4. The van der Waals surface area contributed by atoms with E-state index in [1.54, 1.807) is 20.3 Å². The first-order valence-corrected chi connectivity index (χ1v) is 6.10. The minimum absolute atomic E-state index is 0.152. The van der Waals surface area contributed by atoms with Crippen molar-refractivity contribution in [1.29, 1.82) is 0 Å². The van der Waals surface area contributed by atoms with E-state index < -0.39 is 6.04 Å². The molecule has 1 aliphatic rings. The van der Waals surface area contributed by atoms with Crippen molar-refractivity contribution in [1.82, 2.24) is 4.90 Å². The summed E-state index contributed by atoms with van der Waals surface area (Å²) in [5.74, 6) is 1.18. The van der Waals surface area contributed by atoms with Crippen LogP contribution in [0.2, 0.25) is 0 Å². The van der Waals surface area contributed by atoms with E-state index in [0.29, 0.717) is 24.6 Å². The third kappa shape index (κ3) is 2.63. The van der Waals surface area contributed by atoms with Crippen LogP contribution < -0.4 is 9.47 Å². The monoisotopic (exact) mass is 266 g/mol. The molecule has 6 nitrogen and oxygen atoms in total. The SMILES string of the molecule is COc1ccc(C2CN(C)CC2[N+](=O)[O-])c(OC)c1. The largest absolute Gasteiger partial charge is 0.497 e. The molecule has 1 aromatic rings. The van der Waals surface area contributed by atoms with Crippen LogP contribution >= 0.6 is 0 Å². The Morgan fingerprint density at radius 1 is 1.32 bits per heavy atom. The van der Waals surface area contributed by atoms with E-state index in [4.69, 9.17) is 9.47 Å². The lowest BCUT2D eigenvalue weighted by molar-refractivity contribution is -0.521. The summed E-state index contributed by atoms with van der Waals surface area (Å²) in [6.07, 6.45) is 0. The molecule has 0 amide bonds. The fourth-order valence-corrected chi connectivity index (χ4v) is 2.62. The van der Waals surface area contributed by atoms with E-state index >= 15 is 0 Å². The second-order valence-electron chi connectivity index (χ2n) is 4.79. The molecule has 2 rings (SSSR count). The van der Waals surface area contributed by atoms with Gasteiger partial charge in [0.2, 0.25) is 6.04 Å². The smallest absolute Gasteiger partial charge is 0.233 e. The molecule has 0 spiro atoms. The summed E-state index contributed by atoms with van der Waals surface area (Å²) in [6, 6.07) is 4.85. The molecule has 1 saturated heterocycles. The van der Waals surface area contributed by atoms with Gasteiger partial charge < -0.3 is 9.47 Å². The van der Waals surface area contributed by atoms with Gasteiger partial charge in [-0.3, -0.25) is 15.0 Å². The molecule has 19 heavy (non-hydrogen) atoms. The van der Waals surface area contributed by atoms with Gasteiger partial charge in [-0.05, 0) is 13.1 Å². The summed E-state index contributed by atoms with van der Waals surface area (Å²) >= 11 is 0. The van der Waals surface area contributed by atoms with Crippen LogP contribution in [0.4, 0.5) is 0 Å². The van der Waals surface area contributed by atoms with Crippen molar-refractivity contribution in [2.24, 2.45) is 0 Å². The van der Waals surface area contributed by atoms with Crippen molar-refractivity contribution < 1.29 is 14.4 Å². The summed E-state index contributed by atoms with van der Waals surface area (Å²) in [7, 11) is 5.04. The van der Waals surface area contributed by atoms with Gasteiger partial charge in [-0.15, -0.1) is 0 Å². The van der Waals surface area contributed by atoms with Crippen molar-refractivity contribution >= 4 is 0 Å². The van der Waals surface area contributed by atoms with Crippen LogP contribution in [-0.4, -0.2) is 50.2 Å². The number of likely N-dealkylation sites (tertiary alicyclic amines) is 1. The Balaban J connectivity index is 2.37. The maximum atomic E-state index is 11.2. The average molecular weight is 266 g/mol. The number of nitro groups is 1. The maximum Gasteiger partial charge on any atom is 0.233 e. The van der Waals surface area contributed by atoms with Crippen molar-refractivity contribution in [2.75, 3.05) is 34.4 Å². The molecular weight excluding hydrogens is 248 g/mol. The molecule has 0 saturated carbocycles. The molecule has 1 aliphatic heterocycles. The first kappa shape index (κ1) is 13.6. The lowest BCUT2D eigenvalue weighted by Gasteiger charge is -2.17. The normalized spacial score (nSPS) is 23.3. The lowest BCUT2D eigenvalue weighted by Crippen LogP contribution is -2.27. The number of hydrogen-bond acceptors (Lipinski definition) is 5. The van der Waals surface area contributed by atoms with Crippen molar-refractivity contribution in [3.8, 4) is 11.5 Å². The van der Waals surface area contributed by atoms with E-state index in [1.807, 2.05) is 24.1 Å². The Morgan fingerprint density at radius 2 is 2.05 bits per heavy atom. The zero-order chi connectivity index (χ0) is 14.0. The maximum absolute atomic E-state index is 11.2. The first-order chi connectivity index (χ1) is 9.06. The Hall–Kier alpha value is -1.82. The van der Waals surface area contributed by atoms with Gasteiger partial charge >= 0.3 is 0 Å². The number of ether oxygens (including phenoxy) is 2. The molecule has 1 aromatic carbocycles. The van der Waals surface area contributed by atoms with E-state index in [9.17, 15) is 10.1 Å². The first-order valence-electron chi connectivity index (χ1n) is 6.10. The lowest BCUT2D eigenvalue weighted by atomic mass is 9.93. The average Bonchev–Trinajstić information content (AvgIpc) is 2.80. The number of likely N-dealkylation sites (N-methyl/N-ethyl adjacent to an activating group) is 1. The molecule has 0 aromatic heterocycles. The van der Waals surface area contributed by atoms with Crippen LogP contribution in [0.3, 0.4) is 0 Å². The minimum atomic E-state index is -0.590. The van der Waals surface area contributed by atoms with Gasteiger partial charge in [0, 0.05) is 23.1 Å². The van der Waals surface area contributed by atoms with Gasteiger partial charge in [0.15, 0.2) is 0 Å². The van der Waals surface area contributed by atoms with Crippen LogP contribution in [0.25, 0.3) is 0 Å². The van der Waals surface area contributed by atoms with Gasteiger partial charge in [0.1, 0.15) is 11.5 Å². The molecule has 6 heteroatoms. The summed E-state index contributed by atoms with van der Waals surface area (Å²) in [6.45, 7) is 1.13. The summed E-state index contributed by atoms with van der Waals surface area (Å²) in [5, 5.41) is 11.2. The van der Waals surface area contributed by atoms with Crippen LogP contribution in [0.1, 0.15) is 11.5 Å². The van der Waals surface area contributed by atoms with Gasteiger partial charge in [-0.1, -0.05) is 6.07 Å². The number of benzene rings is 1. The molecule has 0 radical (unpaired) electrons. The Labute approximate surface area is 112 Å². The van der Waals surface area contributed by atoms with Crippen molar-refractivity contribution in [2.45, 2.75) is 12.0 Å². The summed E-state index contributed by atoms with van der Waals surface area (Å²) < 4.78 is 10.5. The molecule has 0 N–H and O–H groups in total. The zero-order valence-electron chi connectivity index (χ0n) is 11.3. The fourth-order valence-electron chi connectivity index (χ4n) is 2.62. The second-order valence-corrected chi connectivity index (χ2v) is 4.79. The van der Waals surface area contributed by atoms with E-state index in [1.165, 1.54) is 0 Å². The molecule has 1 fully saturated rings. The molecule has 2 unspecified atom stereocenters. The Bertz CT molecular complexity index is 478. The standard InChI is InChI=1S/C13H18N2O4/c1-14-7-11(12(8-14)15(16)17)10-5-4-9(18-2)6-13(10)19-3/h4-6,11-12H,7-8H2,1-3H3. The molecule has 0 aliphatic carbocycles. The van der Waals surface area contributed by atoms with Crippen LogP contribution in [0.5, 0.6) is 11.5 Å². The third-order valence-corrected chi connectivity index (χ3v) is 3.58. The van der Waals surface area contributed by atoms with Gasteiger partial charge in [0.05, 0.1) is 26.7 Å². The van der Waals surface area contributed by atoms with E-state index in [2.05, 4.69) is 0 Å². The van der Waals surface area contributed by atoms with Crippen LogP contribution in [0, 0.1) is 10.1 Å². The highest BCUT2D eigenvalue weighted by atomic mass is 16.6. The molecular formula is C13H18N2O4. The zero-order valence-corrected chi connectivity index (χ0v) is 11.3.